The number of fused-ring (bicyclic) bond motifs is 3. The first-order chi connectivity index (χ1) is 53.3. The van der Waals surface area contributed by atoms with Gasteiger partial charge in [0.05, 0.1) is 25.9 Å². The molecule has 0 radical (unpaired) electrons. The number of anilines is 14. The Kier molecular flexibility index (Phi) is 23.7. The van der Waals surface area contributed by atoms with Gasteiger partial charge in [0, 0.05) is 143 Å². The quantitative estimate of drug-likeness (QED) is 0.0161. The number of nitrogens with one attached hydrogen (secondary N) is 12. The highest BCUT2D eigenvalue weighted by Gasteiger charge is 2.25. The largest absolute Gasteiger partial charge is 0.399 e. The van der Waals surface area contributed by atoms with E-state index in [4.69, 9.17) is 50.8 Å². The minimum atomic E-state index is -3.97. The van der Waals surface area contributed by atoms with Gasteiger partial charge in [0.15, 0.2) is 11.3 Å². The standard InChI is InChI=1S/C28H26N8O3S.C21H19ClN6O2S.C21H20N8O.C7H8N2O/c1-17-3-10-22(11-4-17)40(38,39)36-14-13-23-26(32-21-9-12-24(31-2)19(15-21)16-29)34-28(35-27(23)36)33-20-7-5-18(6-8-20)25(30)37;1-13-3-6-16(7-4-13)31(29,30)28-10-9-17-19(26-21(22)27-20(17)28)25-15-5-8-18(24-2)14(11-15)12-23;1-24-17-7-6-15(10-13(17)11-22)26-20-16-8-9-25-19(16)28-21(29-20)27-14-4-2-12(3-5-14)18(23)30;8-6-3-1-5(2-4-6)7(9)10/h3-16,29,31H,1-2H3,(H2,30,37)(H2,32,33,34,35);3-12,23-24H,1-2H3,(H,25,26,27);2-11,22,24H,1H3,(H2,23,30)(H3,25,26,27,28,29);1-4H,8H2,(H2,9,10). The van der Waals surface area contributed by atoms with Crippen LogP contribution in [-0.4, -0.2) is 117 Å². The number of hydrogen-bond donors (Lipinski definition) is 16. The molecule has 0 spiro atoms. The van der Waals surface area contributed by atoms with Crippen molar-refractivity contribution in [2.24, 2.45) is 17.2 Å². The lowest BCUT2D eigenvalue weighted by atomic mass is 10.1. The van der Waals surface area contributed by atoms with Gasteiger partial charge in [-0.1, -0.05) is 35.4 Å². The van der Waals surface area contributed by atoms with E-state index in [9.17, 15) is 31.2 Å². The molecule has 0 bridgehead atoms. The third kappa shape index (κ3) is 18.1. The van der Waals surface area contributed by atoms with Crippen molar-refractivity contribution in [3.63, 3.8) is 0 Å². The van der Waals surface area contributed by atoms with Crippen molar-refractivity contribution >= 4 is 182 Å². The first kappa shape index (κ1) is 77.5. The number of carbonyl (C=O) groups is 3. The number of H-pyrrole nitrogens is 1. The highest BCUT2D eigenvalue weighted by molar-refractivity contribution is 7.90. The van der Waals surface area contributed by atoms with Crippen molar-refractivity contribution in [3.8, 4) is 0 Å². The molecule has 14 aromatic rings. The molecule has 0 unspecified atom stereocenters. The molecule has 34 heteroatoms. The molecule has 111 heavy (non-hydrogen) atoms. The van der Waals surface area contributed by atoms with Crippen LogP contribution in [0.4, 0.5) is 80.5 Å². The van der Waals surface area contributed by atoms with E-state index in [0.717, 1.165) is 58.5 Å². The van der Waals surface area contributed by atoms with E-state index in [1.54, 1.807) is 166 Å². The summed E-state index contributed by atoms with van der Waals surface area (Å²) in [6.45, 7) is 3.77. The summed E-state index contributed by atoms with van der Waals surface area (Å²) in [6, 6.07) is 54.5. The zero-order valence-electron chi connectivity index (χ0n) is 59.9. The second kappa shape index (κ2) is 33.9. The molecule has 0 atom stereocenters. The Balaban J connectivity index is 0.000000156. The number of aryl methyl sites for hydroxylation is 2. The predicted octanol–water partition coefficient (Wildman–Crippen LogP) is 13.0. The second-order valence-electron chi connectivity index (χ2n) is 24.3. The molecular weight excluding hydrogens is 1470 g/mol. The van der Waals surface area contributed by atoms with Gasteiger partial charge in [-0.05, 0) is 195 Å². The maximum Gasteiger partial charge on any atom is 0.269 e. The summed E-state index contributed by atoms with van der Waals surface area (Å²) in [7, 11) is -2.47. The van der Waals surface area contributed by atoms with E-state index in [-0.39, 0.29) is 32.3 Å². The lowest BCUT2D eigenvalue weighted by molar-refractivity contribution is 0.0992. The maximum atomic E-state index is 13.6. The lowest BCUT2D eigenvalue weighted by Crippen LogP contribution is -2.13. The number of halogens is 1. The van der Waals surface area contributed by atoms with Gasteiger partial charge >= 0.3 is 0 Å². The number of nitrogens with two attached hydrogens (primary N) is 4. The van der Waals surface area contributed by atoms with E-state index >= 15 is 0 Å². The van der Waals surface area contributed by atoms with E-state index in [2.05, 4.69) is 77.4 Å². The van der Waals surface area contributed by atoms with Crippen molar-refractivity contribution in [1.29, 1.82) is 16.2 Å². The van der Waals surface area contributed by atoms with Crippen LogP contribution in [0.15, 0.2) is 223 Å². The summed E-state index contributed by atoms with van der Waals surface area (Å²) in [5, 5.41) is 49.7. The number of rotatable bonds is 23. The molecule has 6 heterocycles. The molecule has 0 saturated heterocycles. The summed E-state index contributed by atoms with van der Waals surface area (Å²) in [4.78, 5) is 63.2. The number of nitrogen functional groups attached to an aromatic ring is 1. The summed E-state index contributed by atoms with van der Waals surface area (Å²) in [5.74, 6) is 0.381. The van der Waals surface area contributed by atoms with Gasteiger partial charge in [-0.15, -0.1) is 0 Å². The molecule has 0 fully saturated rings. The molecule has 0 aliphatic carbocycles. The second-order valence-corrected chi connectivity index (χ2v) is 28.3. The minimum absolute atomic E-state index is 0.0896. The topological polar surface area (TPSA) is 494 Å². The Morgan fingerprint density at radius 2 is 0.775 bits per heavy atom. The molecule has 562 valence electrons. The van der Waals surface area contributed by atoms with Crippen LogP contribution in [0.1, 0.15) is 58.9 Å². The van der Waals surface area contributed by atoms with E-state index in [1.807, 2.05) is 69.4 Å². The molecule has 20 N–H and O–H groups in total. The maximum absolute atomic E-state index is 13.6. The summed E-state index contributed by atoms with van der Waals surface area (Å²) >= 11 is 6.13. The van der Waals surface area contributed by atoms with Crippen LogP contribution >= 0.6 is 11.6 Å². The van der Waals surface area contributed by atoms with Crippen molar-refractivity contribution in [3.05, 3.63) is 263 Å². The number of hydrogen-bond acceptors (Lipinski definition) is 25. The van der Waals surface area contributed by atoms with Crippen molar-refractivity contribution in [2.75, 3.05) is 69.4 Å². The van der Waals surface area contributed by atoms with Gasteiger partial charge in [-0.3, -0.25) is 14.4 Å². The number of carbonyl (C=O) groups excluding carboxylic acids is 3. The van der Waals surface area contributed by atoms with Gasteiger partial charge < -0.3 is 86.7 Å². The zero-order chi connectivity index (χ0) is 79.3. The highest BCUT2D eigenvalue weighted by atomic mass is 35.5. The van der Waals surface area contributed by atoms with Gasteiger partial charge in [0.25, 0.3) is 20.0 Å². The SMILES string of the molecule is CNc1ccc(Nc2nc(Cl)nc3c2ccn3S(=O)(=O)c2ccc(C)cc2)cc1C=N.CNc1ccc(Nc2nc(Nc3ccc(C(N)=O)cc3)nc3[nH]ccc23)cc1C=N.CNc1ccc(Nc2nc(Nc3ccc(C(N)=O)cc3)nc3c2ccn3S(=O)(=O)c2ccc(C)cc2)cc1C=N.NC(=O)c1ccc(N)cc1. The third-order valence-electron chi connectivity index (χ3n) is 16.8. The Morgan fingerprint density at radius 1 is 0.423 bits per heavy atom. The van der Waals surface area contributed by atoms with Crippen LogP contribution in [0, 0.1) is 30.1 Å². The van der Waals surface area contributed by atoms with Crippen LogP contribution in [0.25, 0.3) is 33.1 Å². The smallest absolute Gasteiger partial charge is 0.269 e. The van der Waals surface area contributed by atoms with Crippen LogP contribution in [0.3, 0.4) is 0 Å². The van der Waals surface area contributed by atoms with Gasteiger partial charge in [-0.2, -0.15) is 29.9 Å². The molecule has 0 aliphatic rings. The van der Waals surface area contributed by atoms with Crippen molar-refractivity contribution < 1.29 is 31.2 Å². The molecule has 3 amide bonds. The van der Waals surface area contributed by atoms with Crippen LogP contribution < -0.4 is 65.5 Å². The Hall–Kier alpha value is -14.6. The van der Waals surface area contributed by atoms with E-state index in [0.29, 0.717) is 90.4 Å². The third-order valence-corrected chi connectivity index (χ3v) is 20.4. The van der Waals surface area contributed by atoms with Gasteiger partial charge in [0.2, 0.25) is 34.9 Å². The summed E-state index contributed by atoms with van der Waals surface area (Å²) < 4.78 is 55.7. The van der Waals surface area contributed by atoms with Crippen molar-refractivity contribution in [1.82, 2.24) is 42.8 Å². The van der Waals surface area contributed by atoms with Gasteiger partial charge in [-0.25, -0.2) is 24.8 Å². The van der Waals surface area contributed by atoms with Crippen LogP contribution in [0.2, 0.25) is 5.28 Å². The Labute approximate surface area is 641 Å². The minimum Gasteiger partial charge on any atom is -0.399 e. The molecular formula is C77H73ClN24O7S2. The summed E-state index contributed by atoms with van der Waals surface area (Å²) in [5.41, 5.74) is 33.7. The fraction of sp³-hybridized carbons (Fsp3) is 0.0649. The summed E-state index contributed by atoms with van der Waals surface area (Å²) in [6.07, 6.45) is 8.44. The number of primary amides is 3. The normalized spacial score (nSPS) is 10.9. The first-order valence-electron chi connectivity index (χ1n) is 33.5. The molecule has 0 aliphatic heterocycles. The van der Waals surface area contributed by atoms with Gasteiger partial charge in [0.1, 0.15) is 23.1 Å². The molecule has 31 nitrogen and oxygen atoms in total. The monoisotopic (exact) mass is 1540 g/mol. The average molecular weight is 1550 g/mol. The van der Waals surface area contributed by atoms with Crippen molar-refractivity contribution in [2.45, 2.75) is 23.6 Å². The molecule has 8 aromatic carbocycles. The number of aromatic nitrogens is 9. The fourth-order valence-electron chi connectivity index (χ4n) is 11.0. The van der Waals surface area contributed by atoms with Crippen LogP contribution in [0.5, 0.6) is 0 Å². The zero-order valence-corrected chi connectivity index (χ0v) is 62.3. The molecule has 6 aromatic heterocycles. The predicted molar refractivity (Wildman–Crippen MR) is 439 cm³/mol. The molecule has 0 saturated carbocycles. The molecule has 14 rings (SSSR count). The number of aromatic amines is 1. The Morgan fingerprint density at radius 3 is 1.15 bits per heavy atom. The van der Waals surface area contributed by atoms with E-state index in [1.165, 1.54) is 31.0 Å². The Bertz CT molecular complexity index is 6080. The first-order valence-corrected chi connectivity index (χ1v) is 36.8. The highest BCUT2D eigenvalue weighted by Crippen LogP contribution is 2.34. The number of nitrogens with zero attached hydrogens (tertiary/aromatic N) is 8. The number of benzene rings is 8. The van der Waals surface area contributed by atoms with E-state index < -0.39 is 37.8 Å². The fourth-order valence-corrected chi connectivity index (χ4v) is 13.8. The van der Waals surface area contributed by atoms with Crippen LogP contribution in [-0.2, 0) is 20.0 Å². The average Bonchev–Trinajstić information content (AvgIpc) is 1.63. The number of amides is 3. The lowest BCUT2D eigenvalue weighted by Gasteiger charge is -2.13.